The van der Waals surface area contributed by atoms with E-state index in [0.717, 1.165) is 52.4 Å². The summed E-state index contributed by atoms with van der Waals surface area (Å²) >= 11 is 8.83. The number of rotatable bonds is 4. The fraction of sp³-hybridized carbons (Fsp3) is 0.368. The van der Waals surface area contributed by atoms with E-state index in [-0.39, 0.29) is 5.91 Å². The summed E-state index contributed by atoms with van der Waals surface area (Å²) in [4.78, 5) is 23.4. The van der Waals surface area contributed by atoms with E-state index >= 15 is 0 Å². The quantitative estimate of drug-likeness (QED) is 0.445. The molecule has 0 aliphatic carbocycles. The van der Waals surface area contributed by atoms with Gasteiger partial charge in [0, 0.05) is 23.7 Å². The molecule has 8 heteroatoms. The van der Waals surface area contributed by atoms with Crippen molar-refractivity contribution in [2.24, 2.45) is 0 Å². The van der Waals surface area contributed by atoms with E-state index < -0.39 is 0 Å². The van der Waals surface area contributed by atoms with E-state index in [9.17, 15) is 4.79 Å². The number of halogens is 1. The lowest BCUT2D eigenvalue weighted by molar-refractivity contribution is -0.128. The Bertz CT molecular complexity index is 937. The van der Waals surface area contributed by atoms with Gasteiger partial charge in [0.25, 0.3) is 0 Å². The lowest BCUT2D eigenvalue weighted by Crippen LogP contribution is -2.33. The zero-order valence-corrected chi connectivity index (χ0v) is 17.1. The molecule has 5 nitrogen and oxygen atoms in total. The zero-order chi connectivity index (χ0) is 18.6. The van der Waals surface area contributed by atoms with Gasteiger partial charge in [-0.3, -0.25) is 4.79 Å². The summed E-state index contributed by atoms with van der Waals surface area (Å²) in [5, 5.41) is 1.51. The van der Waals surface area contributed by atoms with Crippen LogP contribution in [0.15, 0.2) is 35.6 Å². The Morgan fingerprint density at radius 1 is 1.11 bits per heavy atom. The van der Waals surface area contributed by atoms with Crippen LogP contribution in [0.3, 0.4) is 0 Å². The number of hydrogen-bond acceptors (Lipinski definition) is 6. The summed E-state index contributed by atoms with van der Waals surface area (Å²) in [6.07, 6.45) is 6.20. The normalized spacial score (nSPS) is 15.1. The Balaban J connectivity index is 1.52. The van der Waals surface area contributed by atoms with Gasteiger partial charge in [-0.1, -0.05) is 48.3 Å². The molecule has 3 heterocycles. The molecule has 27 heavy (non-hydrogen) atoms. The molecule has 4 rings (SSSR count). The van der Waals surface area contributed by atoms with Crippen molar-refractivity contribution in [3.8, 4) is 11.3 Å². The predicted octanol–water partition coefficient (Wildman–Crippen LogP) is 4.90. The maximum absolute atomic E-state index is 12.6. The molecule has 3 aromatic rings. The minimum Gasteiger partial charge on any atom is -0.342 e. The fourth-order valence-corrected chi connectivity index (χ4v) is 5.13. The van der Waals surface area contributed by atoms with Gasteiger partial charge >= 0.3 is 0 Å². The number of likely N-dealkylation sites (tertiary alicyclic amines) is 1. The van der Waals surface area contributed by atoms with Crippen LogP contribution in [-0.4, -0.2) is 44.0 Å². The van der Waals surface area contributed by atoms with Gasteiger partial charge in [-0.2, -0.15) is 4.37 Å². The van der Waals surface area contributed by atoms with Gasteiger partial charge < -0.3 is 4.90 Å². The van der Waals surface area contributed by atoms with Crippen LogP contribution in [0.2, 0.25) is 5.02 Å². The summed E-state index contributed by atoms with van der Waals surface area (Å²) in [7, 11) is 0. The Hall–Kier alpha value is -1.70. The molecule has 0 radical (unpaired) electrons. The summed E-state index contributed by atoms with van der Waals surface area (Å²) in [5.74, 6) is 0.594. The summed E-state index contributed by atoms with van der Waals surface area (Å²) in [5.41, 5.74) is 2.62. The number of amides is 1. The Kier molecular flexibility index (Phi) is 5.90. The first-order valence-corrected chi connectivity index (χ1v) is 11.1. The summed E-state index contributed by atoms with van der Waals surface area (Å²) in [6, 6.07) is 7.57. The first-order chi connectivity index (χ1) is 13.2. The lowest BCUT2D eigenvalue weighted by Gasteiger charge is -2.19. The SMILES string of the molecule is O=C(CSc1ncnc2c(-c3ccc(Cl)cc3)nsc12)N1CCCCCC1. The number of carbonyl (C=O) groups excluding carboxylic acids is 1. The minimum atomic E-state index is 0.191. The molecule has 1 amide bonds. The highest BCUT2D eigenvalue weighted by molar-refractivity contribution is 8.00. The first kappa shape index (κ1) is 18.7. The van der Waals surface area contributed by atoms with Gasteiger partial charge in [-0.15, -0.1) is 0 Å². The smallest absolute Gasteiger partial charge is 0.232 e. The molecule has 0 saturated carbocycles. The maximum Gasteiger partial charge on any atom is 0.232 e. The minimum absolute atomic E-state index is 0.191. The number of aromatic nitrogens is 3. The van der Waals surface area contributed by atoms with Crippen molar-refractivity contribution < 1.29 is 4.79 Å². The predicted molar refractivity (Wildman–Crippen MR) is 111 cm³/mol. The third-order valence-electron chi connectivity index (χ3n) is 4.63. The van der Waals surface area contributed by atoms with Gasteiger partial charge in [0.15, 0.2) is 0 Å². The molecular weight excluding hydrogens is 400 g/mol. The van der Waals surface area contributed by atoms with E-state index in [4.69, 9.17) is 11.6 Å². The van der Waals surface area contributed by atoms with E-state index in [1.807, 2.05) is 29.2 Å². The van der Waals surface area contributed by atoms with Crippen molar-refractivity contribution in [2.45, 2.75) is 30.7 Å². The number of benzene rings is 1. The zero-order valence-electron chi connectivity index (χ0n) is 14.7. The topological polar surface area (TPSA) is 59.0 Å². The van der Waals surface area contributed by atoms with Crippen molar-refractivity contribution in [3.63, 3.8) is 0 Å². The van der Waals surface area contributed by atoms with Gasteiger partial charge in [0.05, 0.1) is 5.75 Å². The average Bonchev–Trinajstić information content (AvgIpc) is 2.94. The van der Waals surface area contributed by atoms with Crippen molar-refractivity contribution in [2.75, 3.05) is 18.8 Å². The van der Waals surface area contributed by atoms with Crippen LogP contribution in [0.25, 0.3) is 21.5 Å². The third kappa shape index (κ3) is 4.25. The highest BCUT2D eigenvalue weighted by Gasteiger charge is 2.18. The number of thioether (sulfide) groups is 1. The molecular formula is C19H19ClN4OS2. The number of nitrogens with zero attached hydrogens (tertiary/aromatic N) is 4. The second kappa shape index (κ2) is 8.54. The largest absolute Gasteiger partial charge is 0.342 e. The molecule has 0 unspecified atom stereocenters. The molecule has 1 aliphatic heterocycles. The molecule has 1 saturated heterocycles. The monoisotopic (exact) mass is 418 g/mol. The maximum atomic E-state index is 12.6. The standard InChI is InChI=1S/C19H19ClN4OS2/c20-14-7-5-13(6-8-14)16-17-18(27-23-16)19(22-12-21-17)26-11-15(25)24-9-3-1-2-4-10-24/h5-8,12H,1-4,9-11H2. The molecule has 0 N–H and O–H groups in total. The Labute approximate surface area is 171 Å². The van der Waals surface area contributed by atoms with Crippen molar-refractivity contribution in [1.29, 1.82) is 0 Å². The third-order valence-corrected chi connectivity index (χ3v) is 6.83. The van der Waals surface area contributed by atoms with Crippen LogP contribution in [0.5, 0.6) is 0 Å². The van der Waals surface area contributed by atoms with Crippen molar-refractivity contribution in [3.05, 3.63) is 35.6 Å². The van der Waals surface area contributed by atoms with Gasteiger partial charge in [0.1, 0.15) is 27.3 Å². The lowest BCUT2D eigenvalue weighted by atomic mass is 10.1. The summed E-state index contributed by atoms with van der Waals surface area (Å²) in [6.45, 7) is 1.75. The van der Waals surface area contributed by atoms with E-state index in [2.05, 4.69) is 14.3 Å². The molecule has 0 spiro atoms. The molecule has 0 atom stereocenters. The van der Waals surface area contributed by atoms with E-state index in [0.29, 0.717) is 10.8 Å². The molecule has 140 valence electrons. The molecule has 0 bridgehead atoms. The van der Waals surface area contributed by atoms with Crippen LogP contribution in [0.4, 0.5) is 0 Å². The molecule has 1 fully saturated rings. The van der Waals surface area contributed by atoms with Crippen LogP contribution in [-0.2, 0) is 4.79 Å². The van der Waals surface area contributed by atoms with Crippen LogP contribution >= 0.6 is 34.9 Å². The van der Waals surface area contributed by atoms with Gasteiger partial charge in [-0.05, 0) is 36.5 Å². The van der Waals surface area contributed by atoms with Crippen molar-refractivity contribution in [1.82, 2.24) is 19.2 Å². The molecule has 2 aromatic heterocycles. The van der Waals surface area contributed by atoms with Crippen molar-refractivity contribution >= 4 is 51.0 Å². The second-order valence-corrected chi connectivity index (χ2v) is 8.65. The van der Waals surface area contributed by atoms with Gasteiger partial charge in [-0.25, -0.2) is 9.97 Å². The average molecular weight is 419 g/mol. The second-order valence-electron chi connectivity index (χ2n) is 6.48. The number of fused-ring (bicyclic) bond motifs is 1. The number of carbonyl (C=O) groups is 1. The molecule has 1 aromatic carbocycles. The Morgan fingerprint density at radius 2 is 1.85 bits per heavy atom. The highest BCUT2D eigenvalue weighted by atomic mass is 35.5. The number of hydrogen-bond donors (Lipinski definition) is 0. The fourth-order valence-electron chi connectivity index (χ4n) is 3.18. The Morgan fingerprint density at radius 3 is 2.59 bits per heavy atom. The van der Waals surface area contributed by atoms with Crippen LogP contribution in [0.1, 0.15) is 25.7 Å². The molecule has 1 aliphatic rings. The van der Waals surface area contributed by atoms with E-state index in [1.165, 1.54) is 36.1 Å². The van der Waals surface area contributed by atoms with Gasteiger partial charge in [0.2, 0.25) is 5.91 Å². The van der Waals surface area contributed by atoms with E-state index in [1.54, 1.807) is 6.33 Å². The van der Waals surface area contributed by atoms with Crippen LogP contribution in [0, 0.1) is 0 Å². The summed E-state index contributed by atoms with van der Waals surface area (Å²) < 4.78 is 5.50. The van der Waals surface area contributed by atoms with Crippen LogP contribution < -0.4 is 0 Å². The highest BCUT2D eigenvalue weighted by Crippen LogP contribution is 2.34. The first-order valence-electron chi connectivity index (χ1n) is 8.99.